The number of nitrogens with zero attached hydrogens (tertiary/aromatic N) is 2. The number of alkyl halides is 3. The van der Waals surface area contributed by atoms with Crippen molar-refractivity contribution in [3.8, 4) is 0 Å². The normalized spacial score (nSPS) is 12.4. The molecule has 2 aromatic heterocycles. The van der Waals surface area contributed by atoms with Gasteiger partial charge in [0.25, 0.3) is 0 Å². The van der Waals surface area contributed by atoms with Crippen molar-refractivity contribution in [1.82, 2.24) is 14.9 Å². The number of fused-ring (bicyclic) bond motifs is 1. The van der Waals surface area contributed by atoms with Crippen LogP contribution < -0.4 is 5.32 Å². The van der Waals surface area contributed by atoms with Crippen molar-refractivity contribution in [2.24, 2.45) is 0 Å². The molecule has 0 spiro atoms. The Labute approximate surface area is 235 Å². The number of rotatable bonds is 9. The number of halogens is 4. The van der Waals surface area contributed by atoms with Crippen LogP contribution >= 0.6 is 11.6 Å². The number of amides is 1. The number of carbonyl (C=O) groups is 1. The van der Waals surface area contributed by atoms with Crippen molar-refractivity contribution in [3.05, 3.63) is 136 Å². The Balaban J connectivity index is 1.51. The van der Waals surface area contributed by atoms with Gasteiger partial charge in [0.05, 0.1) is 10.6 Å². The number of para-hydroxylation sites is 1. The van der Waals surface area contributed by atoms with E-state index in [4.69, 9.17) is 11.6 Å². The molecule has 0 bridgehead atoms. The van der Waals surface area contributed by atoms with Crippen LogP contribution in [0.2, 0.25) is 5.02 Å². The molecule has 5 rings (SSSR count). The monoisotopic (exact) mass is 561 g/mol. The summed E-state index contributed by atoms with van der Waals surface area (Å²) in [6.45, 7) is 0.950. The maximum atomic E-state index is 13.8. The number of pyridine rings is 1. The van der Waals surface area contributed by atoms with Crippen molar-refractivity contribution in [3.63, 3.8) is 0 Å². The summed E-state index contributed by atoms with van der Waals surface area (Å²) in [5, 5.41) is 3.43. The van der Waals surface area contributed by atoms with Crippen LogP contribution in [0, 0.1) is 0 Å². The van der Waals surface area contributed by atoms with Crippen LogP contribution in [0.15, 0.2) is 103 Å². The summed E-state index contributed by atoms with van der Waals surface area (Å²) in [6, 6.07) is 27.2. The predicted molar refractivity (Wildman–Crippen MR) is 151 cm³/mol. The Morgan fingerprint density at radius 2 is 1.70 bits per heavy atom. The molecule has 0 radical (unpaired) electrons. The highest BCUT2D eigenvalue weighted by Crippen LogP contribution is 2.40. The quantitative estimate of drug-likeness (QED) is 0.201. The van der Waals surface area contributed by atoms with E-state index in [-0.39, 0.29) is 17.4 Å². The molecule has 1 atom stereocenters. The highest BCUT2D eigenvalue weighted by molar-refractivity contribution is 6.31. The molecule has 0 saturated heterocycles. The van der Waals surface area contributed by atoms with E-state index >= 15 is 0 Å². The topological polar surface area (TPSA) is 46.9 Å². The average molecular weight is 562 g/mol. The van der Waals surface area contributed by atoms with Gasteiger partial charge in [0.1, 0.15) is 0 Å². The molecular formula is C32H27ClF3N3O. The Hall–Kier alpha value is -4.10. The molecular weight excluding hydrogens is 535 g/mol. The van der Waals surface area contributed by atoms with E-state index in [1.807, 2.05) is 79.0 Å². The largest absolute Gasteiger partial charge is 0.417 e. The molecule has 2 heterocycles. The van der Waals surface area contributed by atoms with Crippen LogP contribution in [0.1, 0.15) is 40.3 Å². The zero-order valence-corrected chi connectivity index (χ0v) is 22.3. The molecule has 0 aliphatic rings. The first-order chi connectivity index (χ1) is 19.3. The minimum Gasteiger partial charge on any atom is -0.356 e. The van der Waals surface area contributed by atoms with Crippen LogP contribution in [0.4, 0.5) is 13.2 Å². The Morgan fingerprint density at radius 3 is 2.45 bits per heavy atom. The van der Waals surface area contributed by atoms with Gasteiger partial charge in [-0.3, -0.25) is 9.78 Å². The molecule has 40 heavy (non-hydrogen) atoms. The number of aromatic nitrogens is 2. The van der Waals surface area contributed by atoms with Gasteiger partial charge in [-0.15, -0.1) is 0 Å². The van der Waals surface area contributed by atoms with Crippen molar-refractivity contribution >= 4 is 28.4 Å². The van der Waals surface area contributed by atoms with Crippen LogP contribution in [0.25, 0.3) is 10.9 Å². The first-order valence-corrected chi connectivity index (χ1v) is 13.3. The Morgan fingerprint density at radius 1 is 0.950 bits per heavy atom. The zero-order valence-electron chi connectivity index (χ0n) is 21.5. The van der Waals surface area contributed by atoms with Crippen molar-refractivity contribution < 1.29 is 18.0 Å². The molecule has 0 saturated carbocycles. The molecule has 0 aliphatic carbocycles. The molecule has 3 aromatic carbocycles. The summed E-state index contributed by atoms with van der Waals surface area (Å²) in [7, 11) is 0. The number of benzene rings is 3. The van der Waals surface area contributed by atoms with E-state index in [9.17, 15) is 18.0 Å². The fraction of sp³-hybridized carbons (Fsp3) is 0.188. The second-order valence-corrected chi connectivity index (χ2v) is 10.0. The molecule has 4 nitrogen and oxygen atoms in total. The van der Waals surface area contributed by atoms with Crippen LogP contribution in [-0.2, 0) is 23.9 Å². The predicted octanol–water partition coefficient (Wildman–Crippen LogP) is 7.64. The first-order valence-electron chi connectivity index (χ1n) is 12.9. The molecule has 1 N–H and O–H groups in total. The minimum atomic E-state index is -4.62. The van der Waals surface area contributed by atoms with E-state index in [1.54, 1.807) is 12.3 Å². The summed E-state index contributed by atoms with van der Waals surface area (Å²) in [5.74, 6) is -0.889. The van der Waals surface area contributed by atoms with Crippen molar-refractivity contribution in [2.75, 3.05) is 6.54 Å². The molecule has 0 unspecified atom stereocenters. The van der Waals surface area contributed by atoms with E-state index in [1.165, 1.54) is 6.07 Å². The van der Waals surface area contributed by atoms with Crippen LogP contribution in [-0.4, -0.2) is 22.0 Å². The van der Waals surface area contributed by atoms with Gasteiger partial charge >= 0.3 is 6.18 Å². The van der Waals surface area contributed by atoms with E-state index in [0.29, 0.717) is 25.1 Å². The summed E-state index contributed by atoms with van der Waals surface area (Å²) in [4.78, 5) is 17.5. The molecule has 204 valence electrons. The fourth-order valence-electron chi connectivity index (χ4n) is 4.98. The average Bonchev–Trinajstić information content (AvgIpc) is 3.30. The lowest BCUT2D eigenvalue weighted by Gasteiger charge is -2.19. The van der Waals surface area contributed by atoms with Gasteiger partial charge in [-0.2, -0.15) is 13.2 Å². The van der Waals surface area contributed by atoms with Crippen molar-refractivity contribution in [1.29, 1.82) is 0 Å². The number of carbonyl (C=O) groups excluding carboxylic acids is 1. The lowest BCUT2D eigenvalue weighted by atomic mass is 9.87. The van der Waals surface area contributed by atoms with Gasteiger partial charge in [-0.05, 0) is 47.0 Å². The highest BCUT2D eigenvalue weighted by Gasteiger charge is 2.34. The SMILES string of the molecule is O=C(C[C@@H](c1ccc(Cl)c(C(F)(F)F)c1)c1cn(Cc2ccccc2)c2ccccc12)NCCc1ccccn1. The smallest absolute Gasteiger partial charge is 0.356 e. The summed E-state index contributed by atoms with van der Waals surface area (Å²) >= 11 is 5.94. The lowest BCUT2D eigenvalue weighted by molar-refractivity contribution is -0.137. The number of nitrogens with one attached hydrogen (secondary N) is 1. The summed E-state index contributed by atoms with van der Waals surface area (Å²) in [6.07, 6.45) is -0.459. The standard InChI is InChI=1S/C32H27ClF3N3O/c33-29-14-13-23(18-28(29)32(34,35)36)26(19-31(40)38-17-15-24-10-6-7-16-37-24)27-21-39(20-22-8-2-1-3-9-22)30-12-5-4-11-25(27)30/h1-14,16,18,21,26H,15,17,19-20H2,(H,38,40)/t26-/m0/s1. The van der Waals surface area contributed by atoms with Gasteiger partial charge in [0.15, 0.2) is 0 Å². The third kappa shape index (κ3) is 6.37. The lowest BCUT2D eigenvalue weighted by Crippen LogP contribution is -2.27. The number of hydrogen-bond acceptors (Lipinski definition) is 2. The first kappa shape index (κ1) is 27.5. The zero-order chi connectivity index (χ0) is 28.1. The molecule has 0 fully saturated rings. The third-order valence-electron chi connectivity index (χ3n) is 6.91. The summed E-state index contributed by atoms with van der Waals surface area (Å²) < 4.78 is 43.5. The maximum Gasteiger partial charge on any atom is 0.417 e. The fourth-order valence-corrected chi connectivity index (χ4v) is 5.21. The molecule has 5 aromatic rings. The maximum absolute atomic E-state index is 13.8. The summed E-state index contributed by atoms with van der Waals surface area (Å²) in [5.41, 5.74) is 3.11. The molecule has 1 amide bonds. The Bertz CT molecular complexity index is 1600. The molecule has 0 aliphatic heterocycles. The second kappa shape index (κ2) is 12.0. The van der Waals surface area contributed by atoms with Gasteiger partial charge in [-0.25, -0.2) is 0 Å². The second-order valence-electron chi connectivity index (χ2n) is 9.63. The number of hydrogen-bond donors (Lipinski definition) is 1. The Kier molecular flexibility index (Phi) is 8.21. The highest BCUT2D eigenvalue weighted by atomic mass is 35.5. The molecule has 8 heteroatoms. The van der Waals surface area contributed by atoms with Crippen LogP contribution in [0.5, 0.6) is 0 Å². The van der Waals surface area contributed by atoms with Gasteiger partial charge in [-0.1, -0.05) is 72.3 Å². The van der Waals surface area contributed by atoms with Gasteiger partial charge in [0, 0.05) is 60.8 Å². The van der Waals surface area contributed by atoms with E-state index in [0.717, 1.165) is 33.8 Å². The third-order valence-corrected chi connectivity index (χ3v) is 7.24. The van der Waals surface area contributed by atoms with E-state index < -0.39 is 17.7 Å². The van der Waals surface area contributed by atoms with Gasteiger partial charge in [0.2, 0.25) is 5.91 Å². The van der Waals surface area contributed by atoms with Crippen LogP contribution in [0.3, 0.4) is 0 Å². The van der Waals surface area contributed by atoms with Gasteiger partial charge < -0.3 is 9.88 Å². The van der Waals surface area contributed by atoms with E-state index in [2.05, 4.69) is 14.9 Å². The van der Waals surface area contributed by atoms with Crippen molar-refractivity contribution in [2.45, 2.75) is 31.5 Å². The minimum absolute atomic E-state index is 0.0273.